The SMILES string of the molecule is C=C(C)C1C(c2ccc(F)c(C)c2F)C1(C)Cl. The van der Waals surface area contributed by atoms with Gasteiger partial charge in [-0.15, -0.1) is 11.6 Å². The molecule has 92 valence electrons. The lowest BCUT2D eigenvalue weighted by molar-refractivity contribution is 0.555. The summed E-state index contributed by atoms with van der Waals surface area (Å²) >= 11 is 6.35. The Morgan fingerprint density at radius 3 is 2.47 bits per heavy atom. The number of hydrogen-bond donors (Lipinski definition) is 0. The maximum atomic E-state index is 14.0. The molecule has 1 aliphatic carbocycles. The van der Waals surface area contributed by atoms with Gasteiger partial charge in [-0.1, -0.05) is 18.2 Å². The van der Waals surface area contributed by atoms with E-state index < -0.39 is 16.5 Å². The summed E-state index contributed by atoms with van der Waals surface area (Å²) in [6.07, 6.45) is 0. The van der Waals surface area contributed by atoms with Crippen molar-refractivity contribution in [3.05, 3.63) is 47.0 Å². The quantitative estimate of drug-likeness (QED) is 0.538. The lowest BCUT2D eigenvalue weighted by Gasteiger charge is -2.07. The number of alkyl halides is 1. The normalized spacial score (nSPS) is 31.4. The van der Waals surface area contributed by atoms with Gasteiger partial charge in [0.2, 0.25) is 0 Å². The number of halogens is 3. The van der Waals surface area contributed by atoms with Crippen LogP contribution >= 0.6 is 11.6 Å². The van der Waals surface area contributed by atoms with E-state index in [9.17, 15) is 8.78 Å². The van der Waals surface area contributed by atoms with Crippen molar-refractivity contribution in [1.29, 1.82) is 0 Å². The summed E-state index contributed by atoms with van der Waals surface area (Å²) in [7, 11) is 0. The molecule has 17 heavy (non-hydrogen) atoms. The first kappa shape index (κ1) is 12.6. The monoisotopic (exact) mass is 256 g/mol. The van der Waals surface area contributed by atoms with Crippen LogP contribution in [0.1, 0.15) is 30.9 Å². The summed E-state index contributed by atoms with van der Waals surface area (Å²) in [5, 5.41) is 0. The van der Waals surface area contributed by atoms with E-state index in [4.69, 9.17) is 11.6 Å². The first-order chi connectivity index (χ1) is 7.78. The Hall–Kier alpha value is -0.890. The zero-order valence-corrected chi connectivity index (χ0v) is 10.9. The van der Waals surface area contributed by atoms with Gasteiger partial charge in [-0.05, 0) is 32.4 Å². The molecule has 1 aromatic rings. The summed E-state index contributed by atoms with van der Waals surface area (Å²) < 4.78 is 27.2. The molecule has 1 fully saturated rings. The van der Waals surface area contributed by atoms with Crippen LogP contribution in [0.2, 0.25) is 0 Å². The summed E-state index contributed by atoms with van der Waals surface area (Å²) in [4.78, 5) is -0.503. The molecule has 1 aliphatic rings. The zero-order valence-electron chi connectivity index (χ0n) is 10.2. The van der Waals surface area contributed by atoms with E-state index in [0.29, 0.717) is 5.56 Å². The van der Waals surface area contributed by atoms with Gasteiger partial charge in [0, 0.05) is 17.4 Å². The first-order valence-electron chi connectivity index (χ1n) is 5.57. The van der Waals surface area contributed by atoms with Crippen molar-refractivity contribution in [2.75, 3.05) is 0 Å². The van der Waals surface area contributed by atoms with Gasteiger partial charge >= 0.3 is 0 Å². The van der Waals surface area contributed by atoms with Crippen molar-refractivity contribution in [3.63, 3.8) is 0 Å². The molecular formula is C14H15ClF2. The van der Waals surface area contributed by atoms with E-state index in [1.165, 1.54) is 19.1 Å². The fourth-order valence-corrected chi connectivity index (χ4v) is 3.15. The predicted octanol–water partition coefficient (Wildman–Crippen LogP) is 4.56. The molecule has 0 aromatic heterocycles. The Morgan fingerprint density at radius 1 is 1.41 bits per heavy atom. The van der Waals surface area contributed by atoms with E-state index in [0.717, 1.165) is 5.57 Å². The summed E-state index contributed by atoms with van der Waals surface area (Å²) in [5.74, 6) is -1.05. The molecule has 0 radical (unpaired) electrons. The van der Waals surface area contributed by atoms with E-state index >= 15 is 0 Å². The standard InChI is InChI=1S/C14H15ClF2/c1-7(2)11-12(14(11,4)15)9-5-6-10(16)8(3)13(9)17/h5-6,11-12H,1H2,2-4H3. The highest BCUT2D eigenvalue weighted by Crippen LogP contribution is 2.65. The Kier molecular flexibility index (Phi) is 2.81. The zero-order chi connectivity index (χ0) is 13.0. The van der Waals surface area contributed by atoms with Gasteiger partial charge < -0.3 is 0 Å². The van der Waals surface area contributed by atoms with Gasteiger partial charge in [0.1, 0.15) is 11.6 Å². The molecule has 3 atom stereocenters. The Balaban J connectivity index is 2.44. The number of hydrogen-bond acceptors (Lipinski definition) is 0. The molecule has 0 bridgehead atoms. The molecular weight excluding hydrogens is 242 g/mol. The summed E-state index contributed by atoms with van der Waals surface area (Å²) in [5.41, 5.74) is 1.49. The van der Waals surface area contributed by atoms with Gasteiger partial charge in [-0.25, -0.2) is 8.78 Å². The summed E-state index contributed by atoms with van der Waals surface area (Å²) in [6.45, 7) is 9.08. The second-order valence-corrected chi connectivity index (χ2v) is 5.84. The van der Waals surface area contributed by atoms with Crippen molar-refractivity contribution in [2.45, 2.75) is 31.6 Å². The van der Waals surface area contributed by atoms with E-state index in [1.54, 1.807) is 0 Å². The van der Waals surface area contributed by atoms with Crippen molar-refractivity contribution >= 4 is 11.6 Å². The third kappa shape index (κ3) is 1.79. The molecule has 0 heterocycles. The molecule has 3 unspecified atom stereocenters. The van der Waals surface area contributed by atoms with E-state index in [2.05, 4.69) is 6.58 Å². The van der Waals surface area contributed by atoms with Crippen LogP contribution in [0.25, 0.3) is 0 Å². The fraction of sp³-hybridized carbons (Fsp3) is 0.429. The minimum absolute atomic E-state index is 0.0577. The predicted molar refractivity (Wildman–Crippen MR) is 66.4 cm³/mol. The van der Waals surface area contributed by atoms with Crippen molar-refractivity contribution in [1.82, 2.24) is 0 Å². The smallest absolute Gasteiger partial charge is 0.132 e. The highest BCUT2D eigenvalue weighted by atomic mass is 35.5. The second kappa shape index (κ2) is 3.81. The van der Waals surface area contributed by atoms with Gasteiger partial charge in [0.15, 0.2) is 0 Å². The molecule has 3 heteroatoms. The van der Waals surface area contributed by atoms with Crippen LogP contribution in [-0.4, -0.2) is 4.87 Å². The van der Waals surface area contributed by atoms with Crippen molar-refractivity contribution in [3.8, 4) is 0 Å². The number of benzene rings is 1. The van der Waals surface area contributed by atoms with Crippen LogP contribution < -0.4 is 0 Å². The Bertz CT molecular complexity index is 491. The van der Waals surface area contributed by atoms with Crippen molar-refractivity contribution < 1.29 is 8.78 Å². The lowest BCUT2D eigenvalue weighted by atomic mass is 10.0. The first-order valence-corrected chi connectivity index (χ1v) is 5.95. The highest BCUT2D eigenvalue weighted by Gasteiger charge is 2.61. The minimum atomic E-state index is -0.518. The van der Waals surface area contributed by atoms with Gasteiger partial charge in [-0.3, -0.25) is 0 Å². The van der Waals surface area contributed by atoms with Gasteiger partial charge in [0.05, 0.1) is 4.87 Å². The third-order valence-electron chi connectivity index (χ3n) is 3.66. The fourth-order valence-electron chi connectivity index (χ4n) is 2.65. The molecule has 0 aliphatic heterocycles. The van der Waals surface area contributed by atoms with E-state index in [1.807, 2.05) is 13.8 Å². The molecule has 0 saturated heterocycles. The molecule has 1 saturated carbocycles. The molecule has 2 rings (SSSR count). The molecule has 0 amide bonds. The van der Waals surface area contributed by atoms with Gasteiger partial charge in [-0.2, -0.15) is 0 Å². The Labute approximate surface area is 105 Å². The summed E-state index contributed by atoms with van der Waals surface area (Å²) in [6, 6.07) is 2.79. The van der Waals surface area contributed by atoms with Gasteiger partial charge in [0.25, 0.3) is 0 Å². The lowest BCUT2D eigenvalue weighted by Crippen LogP contribution is -1.99. The average molecular weight is 257 g/mol. The number of rotatable bonds is 2. The maximum Gasteiger partial charge on any atom is 0.132 e. The van der Waals surface area contributed by atoms with Crippen LogP contribution in [0.4, 0.5) is 8.78 Å². The maximum absolute atomic E-state index is 14.0. The van der Waals surface area contributed by atoms with Crippen LogP contribution in [-0.2, 0) is 0 Å². The highest BCUT2D eigenvalue weighted by molar-refractivity contribution is 6.27. The topological polar surface area (TPSA) is 0 Å². The van der Waals surface area contributed by atoms with Crippen LogP contribution in [0, 0.1) is 24.5 Å². The molecule has 0 nitrogen and oxygen atoms in total. The molecule has 1 aromatic carbocycles. The molecule has 0 spiro atoms. The van der Waals surface area contributed by atoms with Crippen LogP contribution in [0.3, 0.4) is 0 Å². The second-order valence-electron chi connectivity index (χ2n) is 5.03. The third-order valence-corrected chi connectivity index (χ3v) is 4.13. The largest absolute Gasteiger partial charge is 0.207 e. The van der Waals surface area contributed by atoms with Crippen LogP contribution in [0.15, 0.2) is 24.3 Å². The average Bonchev–Trinajstić information content (AvgIpc) is 2.78. The number of allylic oxidation sites excluding steroid dienone is 1. The van der Waals surface area contributed by atoms with Crippen LogP contribution in [0.5, 0.6) is 0 Å². The molecule has 0 N–H and O–H groups in total. The van der Waals surface area contributed by atoms with Crippen molar-refractivity contribution in [2.24, 2.45) is 5.92 Å². The Morgan fingerprint density at radius 2 is 2.00 bits per heavy atom. The van der Waals surface area contributed by atoms with E-state index in [-0.39, 0.29) is 17.4 Å². The minimum Gasteiger partial charge on any atom is -0.207 e.